The van der Waals surface area contributed by atoms with Gasteiger partial charge in [0, 0.05) is 0 Å². The lowest BCUT2D eigenvalue weighted by Crippen LogP contribution is -2.06. The first-order valence-electron chi connectivity index (χ1n) is 3.48. The Morgan fingerprint density at radius 3 is 2.67 bits per heavy atom. The van der Waals surface area contributed by atoms with Gasteiger partial charge in [-0.25, -0.2) is 0 Å². The highest BCUT2D eigenvalue weighted by atomic mass is 32.1. The van der Waals surface area contributed by atoms with Gasteiger partial charge in [0.1, 0.15) is 6.61 Å². The summed E-state index contributed by atoms with van der Waals surface area (Å²) in [5, 5.41) is 0. The molecule has 0 heterocycles. The smallest absolute Gasteiger partial charge is 0.293 e. The highest BCUT2D eigenvalue weighted by Gasteiger charge is 1.98. The molecule has 0 aliphatic heterocycles. The second kappa shape index (κ2) is 4.62. The predicted molar refractivity (Wildman–Crippen MR) is 50.2 cm³/mol. The van der Waals surface area contributed by atoms with Crippen molar-refractivity contribution in [1.29, 1.82) is 0 Å². The summed E-state index contributed by atoms with van der Waals surface area (Å²) in [5.74, 6) is 0. The lowest BCUT2D eigenvalue weighted by atomic mass is 10.2. The molecule has 0 aromatic heterocycles. The summed E-state index contributed by atoms with van der Waals surface area (Å²) in [6.07, 6.45) is 0. The SMILES string of the molecule is O=COCC(=S)c1ccccc1. The molecule has 0 amide bonds. The van der Waals surface area contributed by atoms with Crippen LogP contribution in [0.3, 0.4) is 0 Å². The fourth-order valence-electron chi connectivity index (χ4n) is 0.817. The van der Waals surface area contributed by atoms with Crippen LogP contribution in [0.2, 0.25) is 0 Å². The quantitative estimate of drug-likeness (QED) is 0.400. The highest BCUT2D eigenvalue weighted by molar-refractivity contribution is 7.80. The summed E-state index contributed by atoms with van der Waals surface area (Å²) in [6, 6.07) is 9.46. The van der Waals surface area contributed by atoms with Gasteiger partial charge in [-0.05, 0) is 5.56 Å². The van der Waals surface area contributed by atoms with Crippen LogP contribution >= 0.6 is 12.2 Å². The molecule has 0 saturated heterocycles. The number of ether oxygens (including phenoxy) is 1. The third kappa shape index (κ3) is 2.43. The molecule has 1 aromatic rings. The fourth-order valence-corrected chi connectivity index (χ4v) is 1.02. The average Bonchev–Trinajstić information content (AvgIpc) is 2.15. The first kappa shape index (κ1) is 8.87. The van der Waals surface area contributed by atoms with Crippen LogP contribution in [0.5, 0.6) is 0 Å². The molecule has 0 bridgehead atoms. The van der Waals surface area contributed by atoms with Crippen molar-refractivity contribution in [2.45, 2.75) is 0 Å². The summed E-state index contributed by atoms with van der Waals surface area (Å²) >= 11 is 5.00. The largest absolute Gasteiger partial charge is 0.462 e. The van der Waals surface area contributed by atoms with Gasteiger partial charge in [-0.15, -0.1) is 0 Å². The molecule has 0 N–H and O–H groups in total. The third-order valence-corrected chi connectivity index (χ3v) is 1.73. The van der Waals surface area contributed by atoms with E-state index in [9.17, 15) is 4.79 Å². The molecule has 0 aliphatic carbocycles. The van der Waals surface area contributed by atoms with Crippen LogP contribution in [-0.4, -0.2) is 17.9 Å². The highest BCUT2D eigenvalue weighted by Crippen LogP contribution is 2.00. The molecule has 0 aliphatic rings. The summed E-state index contributed by atoms with van der Waals surface area (Å²) in [7, 11) is 0. The minimum atomic E-state index is 0.183. The lowest BCUT2D eigenvalue weighted by molar-refractivity contribution is -0.127. The van der Waals surface area contributed by atoms with Gasteiger partial charge in [0.2, 0.25) is 0 Å². The van der Waals surface area contributed by atoms with Crippen LogP contribution in [-0.2, 0) is 9.53 Å². The van der Waals surface area contributed by atoms with Crippen molar-refractivity contribution in [2.24, 2.45) is 0 Å². The lowest BCUT2D eigenvalue weighted by Gasteiger charge is -2.00. The number of carbonyl (C=O) groups excluding carboxylic acids is 1. The molecule has 0 fully saturated rings. The van der Waals surface area contributed by atoms with Crippen molar-refractivity contribution in [2.75, 3.05) is 6.61 Å². The van der Waals surface area contributed by atoms with Gasteiger partial charge in [-0.2, -0.15) is 0 Å². The number of thiocarbonyl (C=S) groups is 1. The van der Waals surface area contributed by atoms with Crippen LogP contribution in [0.4, 0.5) is 0 Å². The van der Waals surface area contributed by atoms with Gasteiger partial charge in [0.25, 0.3) is 6.47 Å². The number of carbonyl (C=O) groups is 1. The number of hydrogen-bond acceptors (Lipinski definition) is 3. The summed E-state index contributed by atoms with van der Waals surface area (Å²) in [5.41, 5.74) is 0.925. The van der Waals surface area contributed by atoms with Crippen LogP contribution in [0.1, 0.15) is 5.56 Å². The van der Waals surface area contributed by atoms with Gasteiger partial charge in [-0.3, -0.25) is 4.79 Å². The molecule has 0 atom stereocenters. The Hall–Kier alpha value is -1.22. The summed E-state index contributed by atoms with van der Waals surface area (Å²) < 4.78 is 4.53. The van der Waals surface area contributed by atoms with E-state index >= 15 is 0 Å². The van der Waals surface area contributed by atoms with Gasteiger partial charge >= 0.3 is 0 Å². The topological polar surface area (TPSA) is 26.3 Å². The fraction of sp³-hybridized carbons (Fsp3) is 0.111. The van der Waals surface area contributed by atoms with Crippen molar-refractivity contribution >= 4 is 23.6 Å². The number of hydrogen-bond donors (Lipinski definition) is 0. The minimum absolute atomic E-state index is 0.183. The van der Waals surface area contributed by atoms with Gasteiger partial charge < -0.3 is 4.74 Å². The molecule has 2 nitrogen and oxygen atoms in total. The Kier molecular flexibility index (Phi) is 3.41. The van der Waals surface area contributed by atoms with E-state index in [4.69, 9.17) is 12.2 Å². The summed E-state index contributed by atoms with van der Waals surface area (Å²) in [4.78, 5) is 10.5. The third-order valence-electron chi connectivity index (χ3n) is 1.38. The van der Waals surface area contributed by atoms with E-state index in [-0.39, 0.29) is 6.61 Å². The maximum absolute atomic E-state index is 9.86. The zero-order chi connectivity index (χ0) is 8.81. The predicted octanol–water partition coefficient (Wildman–Crippen LogP) is 1.58. The van der Waals surface area contributed by atoms with Crippen LogP contribution in [0, 0.1) is 0 Å². The van der Waals surface area contributed by atoms with Crippen molar-refractivity contribution in [3.05, 3.63) is 35.9 Å². The molecule has 1 aromatic carbocycles. The van der Waals surface area contributed by atoms with E-state index in [2.05, 4.69) is 4.74 Å². The second-order valence-electron chi connectivity index (χ2n) is 2.20. The second-order valence-corrected chi connectivity index (χ2v) is 2.69. The molecule has 1 rings (SSSR count). The average molecular weight is 180 g/mol. The van der Waals surface area contributed by atoms with E-state index in [1.165, 1.54) is 0 Å². The van der Waals surface area contributed by atoms with E-state index in [0.717, 1.165) is 5.56 Å². The molecule has 3 heteroatoms. The molecule has 0 saturated carbocycles. The van der Waals surface area contributed by atoms with Crippen molar-refractivity contribution < 1.29 is 9.53 Å². The maximum Gasteiger partial charge on any atom is 0.293 e. The molecule has 62 valence electrons. The number of benzene rings is 1. The minimum Gasteiger partial charge on any atom is -0.462 e. The van der Waals surface area contributed by atoms with Gasteiger partial charge in [-0.1, -0.05) is 42.5 Å². The van der Waals surface area contributed by atoms with E-state index in [1.807, 2.05) is 30.3 Å². The zero-order valence-corrected chi connectivity index (χ0v) is 7.21. The van der Waals surface area contributed by atoms with Crippen LogP contribution in [0.25, 0.3) is 0 Å². The molecular formula is C9H8O2S. The van der Waals surface area contributed by atoms with Gasteiger partial charge in [0.15, 0.2) is 0 Å². The monoisotopic (exact) mass is 180 g/mol. The van der Waals surface area contributed by atoms with Crippen LogP contribution in [0.15, 0.2) is 30.3 Å². The first-order valence-corrected chi connectivity index (χ1v) is 3.89. The van der Waals surface area contributed by atoms with Crippen molar-refractivity contribution in [1.82, 2.24) is 0 Å². The first-order chi connectivity index (χ1) is 5.84. The standard InChI is InChI=1S/C9H8O2S/c10-7-11-6-9(12)8-4-2-1-3-5-8/h1-5,7H,6H2. The normalized spacial score (nSPS) is 9.00. The molecule has 0 spiro atoms. The Labute approximate surface area is 76.2 Å². The molecule has 12 heavy (non-hydrogen) atoms. The Bertz CT molecular complexity index is 269. The Morgan fingerprint density at radius 2 is 2.08 bits per heavy atom. The zero-order valence-electron chi connectivity index (χ0n) is 6.40. The van der Waals surface area contributed by atoms with E-state index in [1.54, 1.807) is 0 Å². The molecule has 0 unspecified atom stereocenters. The summed E-state index contributed by atoms with van der Waals surface area (Å²) in [6.45, 7) is 0.581. The van der Waals surface area contributed by atoms with Gasteiger partial charge in [0.05, 0.1) is 4.86 Å². The Morgan fingerprint density at radius 1 is 1.42 bits per heavy atom. The van der Waals surface area contributed by atoms with Crippen molar-refractivity contribution in [3.63, 3.8) is 0 Å². The molecular weight excluding hydrogens is 172 g/mol. The maximum atomic E-state index is 9.86. The Balaban J connectivity index is 2.59. The van der Waals surface area contributed by atoms with E-state index in [0.29, 0.717) is 11.3 Å². The molecule has 0 radical (unpaired) electrons. The van der Waals surface area contributed by atoms with E-state index < -0.39 is 0 Å². The number of rotatable bonds is 4. The van der Waals surface area contributed by atoms with Crippen molar-refractivity contribution in [3.8, 4) is 0 Å². The van der Waals surface area contributed by atoms with Crippen LogP contribution < -0.4 is 0 Å².